The summed E-state index contributed by atoms with van der Waals surface area (Å²) >= 11 is 1.96. The molecule has 2 N–H and O–H groups in total. The molecule has 0 aromatic heterocycles. The Morgan fingerprint density at radius 1 is 1.18 bits per heavy atom. The number of nitrogens with zero attached hydrogens (tertiary/aromatic N) is 1. The first-order valence-corrected chi connectivity index (χ1v) is 7.23. The summed E-state index contributed by atoms with van der Waals surface area (Å²) in [6, 6.07) is 0. The standard InChI is InChI=1S/C13H26N2OS/c1-9-7-15(8-10(2)17-9)11(16)12(3,4)13(5,6)14/h9-10H,7-8,14H2,1-6H3. The quantitative estimate of drug-likeness (QED) is 0.825. The van der Waals surface area contributed by atoms with Crippen molar-refractivity contribution >= 4 is 17.7 Å². The fraction of sp³-hybridized carbons (Fsp3) is 0.923. The van der Waals surface area contributed by atoms with Crippen LogP contribution in [0.15, 0.2) is 0 Å². The maximum absolute atomic E-state index is 12.6. The molecule has 1 amide bonds. The summed E-state index contributed by atoms with van der Waals surface area (Å²) in [4.78, 5) is 14.6. The molecule has 0 aromatic carbocycles. The minimum atomic E-state index is -0.519. The lowest BCUT2D eigenvalue weighted by Crippen LogP contribution is -2.58. The lowest BCUT2D eigenvalue weighted by Gasteiger charge is -2.44. The van der Waals surface area contributed by atoms with Crippen LogP contribution < -0.4 is 5.73 Å². The van der Waals surface area contributed by atoms with Crippen LogP contribution in [0.3, 0.4) is 0 Å². The predicted octanol–water partition coefficient (Wildman–Crippen LogP) is 2.10. The van der Waals surface area contributed by atoms with Gasteiger partial charge in [0, 0.05) is 29.1 Å². The van der Waals surface area contributed by atoms with Crippen LogP contribution >= 0.6 is 11.8 Å². The van der Waals surface area contributed by atoms with Gasteiger partial charge in [0.05, 0.1) is 5.41 Å². The molecule has 1 rings (SSSR count). The number of hydrogen-bond donors (Lipinski definition) is 1. The van der Waals surface area contributed by atoms with E-state index >= 15 is 0 Å². The van der Waals surface area contributed by atoms with E-state index in [-0.39, 0.29) is 5.91 Å². The van der Waals surface area contributed by atoms with Crippen molar-refractivity contribution in [2.24, 2.45) is 11.1 Å². The molecule has 17 heavy (non-hydrogen) atoms. The van der Waals surface area contributed by atoms with Crippen molar-refractivity contribution in [3.8, 4) is 0 Å². The Balaban J connectivity index is 2.83. The van der Waals surface area contributed by atoms with Crippen LogP contribution in [-0.2, 0) is 4.79 Å². The molecule has 1 saturated heterocycles. The van der Waals surface area contributed by atoms with Crippen molar-refractivity contribution in [2.75, 3.05) is 13.1 Å². The van der Waals surface area contributed by atoms with Crippen molar-refractivity contribution in [2.45, 2.75) is 57.6 Å². The third-order valence-electron chi connectivity index (χ3n) is 3.85. The van der Waals surface area contributed by atoms with Gasteiger partial charge in [-0.3, -0.25) is 4.79 Å². The summed E-state index contributed by atoms with van der Waals surface area (Å²) < 4.78 is 0. The van der Waals surface area contributed by atoms with Crippen molar-refractivity contribution < 1.29 is 4.79 Å². The molecular weight excluding hydrogens is 232 g/mol. The second kappa shape index (κ2) is 4.81. The van der Waals surface area contributed by atoms with Gasteiger partial charge in [0.15, 0.2) is 0 Å². The number of hydrogen-bond acceptors (Lipinski definition) is 3. The Hall–Kier alpha value is -0.220. The Morgan fingerprint density at radius 2 is 1.59 bits per heavy atom. The molecule has 1 fully saturated rings. The van der Waals surface area contributed by atoms with E-state index < -0.39 is 11.0 Å². The van der Waals surface area contributed by atoms with Crippen LogP contribution in [0.25, 0.3) is 0 Å². The van der Waals surface area contributed by atoms with Gasteiger partial charge in [0.2, 0.25) is 5.91 Å². The molecular formula is C13H26N2OS. The predicted molar refractivity (Wildman–Crippen MR) is 75.1 cm³/mol. The second-order valence-corrected chi connectivity index (χ2v) is 8.20. The van der Waals surface area contributed by atoms with Crippen LogP contribution in [0.2, 0.25) is 0 Å². The lowest BCUT2D eigenvalue weighted by atomic mass is 9.74. The van der Waals surface area contributed by atoms with E-state index in [1.807, 2.05) is 44.4 Å². The topological polar surface area (TPSA) is 46.3 Å². The molecule has 2 atom stereocenters. The number of carbonyl (C=O) groups excluding carboxylic acids is 1. The van der Waals surface area contributed by atoms with E-state index in [1.165, 1.54) is 0 Å². The van der Waals surface area contributed by atoms with Crippen molar-refractivity contribution in [1.82, 2.24) is 4.90 Å². The first kappa shape index (κ1) is 14.8. The Morgan fingerprint density at radius 3 is 1.94 bits per heavy atom. The van der Waals surface area contributed by atoms with Crippen molar-refractivity contribution in [3.05, 3.63) is 0 Å². The number of rotatable bonds is 2. The molecule has 2 unspecified atom stereocenters. The minimum absolute atomic E-state index is 0.184. The summed E-state index contributed by atoms with van der Waals surface area (Å²) in [7, 11) is 0. The van der Waals surface area contributed by atoms with E-state index in [0.29, 0.717) is 10.5 Å². The number of amides is 1. The van der Waals surface area contributed by atoms with Gasteiger partial charge in [-0.1, -0.05) is 13.8 Å². The normalized spacial score (nSPS) is 27.1. The summed E-state index contributed by atoms with van der Waals surface area (Å²) in [5, 5.41) is 1.03. The van der Waals surface area contributed by atoms with E-state index in [4.69, 9.17) is 5.73 Å². The molecule has 0 spiro atoms. The molecule has 100 valence electrons. The summed E-state index contributed by atoms with van der Waals surface area (Å²) in [6.07, 6.45) is 0. The van der Waals surface area contributed by atoms with Crippen LogP contribution in [0.5, 0.6) is 0 Å². The summed E-state index contributed by atoms with van der Waals surface area (Å²) in [5.74, 6) is 0.184. The van der Waals surface area contributed by atoms with E-state index in [1.54, 1.807) is 0 Å². The molecule has 4 heteroatoms. The molecule has 0 radical (unpaired) electrons. The highest BCUT2D eigenvalue weighted by Gasteiger charge is 2.43. The molecule has 1 aliphatic heterocycles. The van der Waals surface area contributed by atoms with Gasteiger partial charge < -0.3 is 10.6 Å². The van der Waals surface area contributed by atoms with Crippen LogP contribution in [0, 0.1) is 5.41 Å². The van der Waals surface area contributed by atoms with Crippen molar-refractivity contribution in [3.63, 3.8) is 0 Å². The van der Waals surface area contributed by atoms with Crippen LogP contribution in [0.4, 0.5) is 0 Å². The van der Waals surface area contributed by atoms with Crippen LogP contribution in [0.1, 0.15) is 41.5 Å². The lowest BCUT2D eigenvalue weighted by molar-refractivity contribution is -0.143. The van der Waals surface area contributed by atoms with Gasteiger partial charge in [-0.2, -0.15) is 11.8 Å². The Labute approximate surface area is 109 Å². The highest BCUT2D eigenvalue weighted by atomic mass is 32.2. The number of thioether (sulfide) groups is 1. The average Bonchev–Trinajstić information content (AvgIpc) is 2.13. The van der Waals surface area contributed by atoms with Gasteiger partial charge in [-0.15, -0.1) is 0 Å². The number of carbonyl (C=O) groups is 1. The molecule has 3 nitrogen and oxygen atoms in total. The third-order valence-corrected chi connectivity index (χ3v) is 5.08. The fourth-order valence-corrected chi connectivity index (χ4v) is 3.34. The fourth-order valence-electron chi connectivity index (χ4n) is 2.01. The zero-order valence-electron chi connectivity index (χ0n) is 11.9. The molecule has 0 saturated carbocycles. The Bertz CT molecular complexity index is 286. The average molecular weight is 258 g/mol. The first-order chi connectivity index (χ1) is 7.55. The van der Waals surface area contributed by atoms with Gasteiger partial charge in [-0.25, -0.2) is 0 Å². The highest BCUT2D eigenvalue weighted by Crippen LogP contribution is 2.33. The van der Waals surface area contributed by atoms with E-state index in [9.17, 15) is 4.79 Å². The Kier molecular flexibility index (Phi) is 4.20. The van der Waals surface area contributed by atoms with Gasteiger partial charge in [0.25, 0.3) is 0 Å². The summed E-state index contributed by atoms with van der Waals surface area (Å²) in [5.41, 5.74) is 5.12. The minimum Gasteiger partial charge on any atom is -0.340 e. The maximum atomic E-state index is 12.6. The summed E-state index contributed by atoms with van der Waals surface area (Å²) in [6.45, 7) is 13.8. The van der Waals surface area contributed by atoms with Gasteiger partial charge in [-0.05, 0) is 27.7 Å². The van der Waals surface area contributed by atoms with Gasteiger partial charge in [0.1, 0.15) is 0 Å². The van der Waals surface area contributed by atoms with E-state index in [2.05, 4.69) is 13.8 Å². The largest absolute Gasteiger partial charge is 0.340 e. The van der Waals surface area contributed by atoms with Crippen LogP contribution in [-0.4, -0.2) is 39.9 Å². The molecule has 0 aromatic rings. The van der Waals surface area contributed by atoms with E-state index in [0.717, 1.165) is 13.1 Å². The van der Waals surface area contributed by atoms with Gasteiger partial charge >= 0.3 is 0 Å². The highest BCUT2D eigenvalue weighted by molar-refractivity contribution is 8.00. The first-order valence-electron chi connectivity index (χ1n) is 6.29. The maximum Gasteiger partial charge on any atom is 0.230 e. The monoisotopic (exact) mass is 258 g/mol. The molecule has 0 aliphatic carbocycles. The smallest absolute Gasteiger partial charge is 0.230 e. The number of nitrogens with two attached hydrogens (primary N) is 1. The second-order valence-electron chi connectivity index (χ2n) is 6.31. The SMILES string of the molecule is CC1CN(C(=O)C(C)(C)C(C)(C)N)CC(C)S1. The molecule has 1 aliphatic rings. The zero-order valence-corrected chi connectivity index (χ0v) is 12.7. The zero-order chi connectivity index (χ0) is 13.4. The molecule has 0 bridgehead atoms. The molecule has 1 heterocycles. The third kappa shape index (κ3) is 3.16. The van der Waals surface area contributed by atoms with Crippen molar-refractivity contribution in [1.29, 1.82) is 0 Å².